The molecule has 0 bridgehead atoms. The van der Waals surface area contributed by atoms with Crippen molar-refractivity contribution >= 4 is 46.0 Å². The van der Waals surface area contributed by atoms with Crippen LogP contribution in [0.5, 0.6) is 0 Å². The van der Waals surface area contributed by atoms with Gasteiger partial charge in [-0.2, -0.15) is 0 Å². The fourth-order valence-electron chi connectivity index (χ4n) is 1.39. The number of anilines is 1. The molecule has 0 radical (unpaired) electrons. The Kier molecular flexibility index (Phi) is 4.38. The van der Waals surface area contributed by atoms with E-state index in [4.69, 9.17) is 12.2 Å². The molecule has 1 heterocycles. The zero-order chi connectivity index (χ0) is 13.7. The number of benzene rings is 1. The van der Waals surface area contributed by atoms with Crippen molar-refractivity contribution in [1.29, 1.82) is 0 Å². The number of nitrogens with zero attached hydrogens (tertiary/aromatic N) is 1. The summed E-state index contributed by atoms with van der Waals surface area (Å²) in [6.45, 7) is 0. The Morgan fingerprint density at radius 3 is 2.63 bits per heavy atom. The van der Waals surface area contributed by atoms with Crippen LogP contribution in [0, 0.1) is 10.1 Å². The van der Waals surface area contributed by atoms with E-state index in [9.17, 15) is 10.1 Å². The van der Waals surface area contributed by atoms with Gasteiger partial charge in [0.15, 0.2) is 0 Å². The van der Waals surface area contributed by atoms with E-state index in [1.807, 2.05) is 23.6 Å². The van der Waals surface area contributed by atoms with Gasteiger partial charge in [-0.3, -0.25) is 10.1 Å². The molecule has 19 heavy (non-hydrogen) atoms. The molecule has 6 heteroatoms. The number of thiophene rings is 1. The summed E-state index contributed by atoms with van der Waals surface area (Å²) in [5.74, 6) is 0. The summed E-state index contributed by atoms with van der Waals surface area (Å²) in [5.41, 5.74) is 0.789. The van der Waals surface area contributed by atoms with Crippen LogP contribution in [0.25, 0.3) is 6.08 Å². The van der Waals surface area contributed by atoms with Gasteiger partial charge in [0.25, 0.3) is 5.69 Å². The number of nitrogens with one attached hydrogen (secondary N) is 1. The van der Waals surface area contributed by atoms with Crippen molar-refractivity contribution in [1.82, 2.24) is 0 Å². The quantitative estimate of drug-likeness (QED) is 0.398. The van der Waals surface area contributed by atoms with Crippen molar-refractivity contribution in [2.75, 3.05) is 5.32 Å². The largest absolute Gasteiger partial charge is 0.347 e. The van der Waals surface area contributed by atoms with E-state index in [0.717, 1.165) is 10.6 Å². The lowest BCUT2D eigenvalue weighted by molar-refractivity contribution is -0.384. The van der Waals surface area contributed by atoms with Crippen molar-refractivity contribution in [2.24, 2.45) is 0 Å². The molecule has 1 N–H and O–H groups in total. The first kappa shape index (κ1) is 13.4. The van der Waals surface area contributed by atoms with E-state index in [1.165, 1.54) is 12.1 Å². The lowest BCUT2D eigenvalue weighted by Crippen LogP contribution is -2.04. The Hall–Kier alpha value is -2.05. The van der Waals surface area contributed by atoms with Crippen molar-refractivity contribution in [3.05, 3.63) is 62.8 Å². The average molecular weight is 290 g/mol. The Morgan fingerprint density at radius 1 is 1.32 bits per heavy atom. The summed E-state index contributed by atoms with van der Waals surface area (Å²) in [4.78, 5) is 11.8. The van der Waals surface area contributed by atoms with Gasteiger partial charge in [-0.05, 0) is 35.7 Å². The van der Waals surface area contributed by atoms with Crippen LogP contribution in [-0.4, -0.2) is 9.91 Å². The van der Waals surface area contributed by atoms with Crippen LogP contribution in [-0.2, 0) is 0 Å². The van der Waals surface area contributed by atoms with Crippen LogP contribution in [0.1, 0.15) is 4.88 Å². The molecule has 96 valence electrons. The predicted molar refractivity (Wildman–Crippen MR) is 82.7 cm³/mol. The van der Waals surface area contributed by atoms with Gasteiger partial charge in [0, 0.05) is 22.7 Å². The molecule has 2 rings (SSSR count). The Balaban J connectivity index is 1.97. The molecule has 0 spiro atoms. The molecule has 2 aromatic rings. The highest BCUT2D eigenvalue weighted by atomic mass is 32.1. The third kappa shape index (κ3) is 3.97. The second-order valence-electron chi connectivity index (χ2n) is 3.64. The van der Waals surface area contributed by atoms with Crippen LogP contribution in [0.2, 0.25) is 0 Å². The van der Waals surface area contributed by atoms with E-state index >= 15 is 0 Å². The van der Waals surface area contributed by atoms with Crippen LogP contribution in [0.3, 0.4) is 0 Å². The number of thiocarbonyl (C=S) groups is 1. The predicted octanol–water partition coefficient (Wildman–Crippen LogP) is 4.11. The number of rotatable bonds is 4. The van der Waals surface area contributed by atoms with Crippen molar-refractivity contribution in [3.8, 4) is 0 Å². The Labute approximate surface area is 119 Å². The molecule has 0 aliphatic rings. The Bertz CT molecular complexity index is 604. The van der Waals surface area contributed by atoms with Gasteiger partial charge in [0.05, 0.1) is 4.92 Å². The summed E-state index contributed by atoms with van der Waals surface area (Å²) in [6.07, 6.45) is 3.72. The number of nitro benzene ring substituents is 1. The molecule has 0 fully saturated rings. The first-order chi connectivity index (χ1) is 9.15. The minimum Gasteiger partial charge on any atom is -0.347 e. The smallest absolute Gasteiger partial charge is 0.269 e. The van der Waals surface area contributed by atoms with E-state index < -0.39 is 4.92 Å². The molecule has 0 atom stereocenters. The third-order valence-electron chi connectivity index (χ3n) is 2.29. The SMILES string of the molecule is O=[N+]([O-])c1ccc(NC(=S)/C=C/c2cccs2)cc1. The van der Waals surface area contributed by atoms with E-state index in [-0.39, 0.29) is 5.69 Å². The molecule has 0 aliphatic carbocycles. The maximum absolute atomic E-state index is 10.5. The van der Waals surface area contributed by atoms with Gasteiger partial charge >= 0.3 is 0 Å². The van der Waals surface area contributed by atoms with E-state index in [2.05, 4.69) is 5.32 Å². The van der Waals surface area contributed by atoms with Gasteiger partial charge < -0.3 is 5.32 Å². The standard InChI is InChI=1S/C13H10N2O2S2/c16-15(17)11-5-3-10(4-6-11)14-13(18)8-7-12-2-1-9-19-12/h1-9H,(H,14,18)/b8-7+. The molecular weight excluding hydrogens is 280 g/mol. The zero-order valence-corrected chi connectivity index (χ0v) is 11.4. The van der Waals surface area contributed by atoms with E-state index in [0.29, 0.717) is 4.99 Å². The highest BCUT2D eigenvalue weighted by Crippen LogP contribution is 2.16. The summed E-state index contributed by atoms with van der Waals surface area (Å²) in [5, 5.41) is 15.5. The van der Waals surface area contributed by atoms with Crippen LogP contribution >= 0.6 is 23.6 Å². The second-order valence-corrected chi connectivity index (χ2v) is 5.06. The second kappa shape index (κ2) is 6.21. The monoisotopic (exact) mass is 290 g/mol. The molecule has 4 nitrogen and oxygen atoms in total. The molecule has 0 aliphatic heterocycles. The number of non-ortho nitro benzene ring substituents is 1. The first-order valence-corrected chi connectivity index (χ1v) is 6.71. The topological polar surface area (TPSA) is 55.2 Å². The molecule has 1 aromatic carbocycles. The maximum Gasteiger partial charge on any atom is 0.269 e. The average Bonchev–Trinajstić information content (AvgIpc) is 2.90. The normalized spacial score (nSPS) is 10.5. The fraction of sp³-hybridized carbons (Fsp3) is 0. The number of hydrogen-bond acceptors (Lipinski definition) is 4. The summed E-state index contributed by atoms with van der Waals surface area (Å²) in [6, 6.07) is 10.1. The number of nitro groups is 1. The lowest BCUT2D eigenvalue weighted by Gasteiger charge is -2.03. The van der Waals surface area contributed by atoms with Gasteiger partial charge in [-0.15, -0.1) is 11.3 Å². The van der Waals surface area contributed by atoms with E-state index in [1.54, 1.807) is 29.5 Å². The molecule has 0 amide bonds. The lowest BCUT2D eigenvalue weighted by atomic mass is 10.3. The first-order valence-electron chi connectivity index (χ1n) is 5.42. The minimum absolute atomic E-state index is 0.0607. The van der Waals surface area contributed by atoms with Gasteiger partial charge in [-0.1, -0.05) is 18.3 Å². The fourth-order valence-corrected chi connectivity index (χ4v) is 2.20. The van der Waals surface area contributed by atoms with Crippen molar-refractivity contribution in [3.63, 3.8) is 0 Å². The molecular formula is C13H10N2O2S2. The van der Waals surface area contributed by atoms with Gasteiger partial charge in [-0.25, -0.2) is 0 Å². The molecule has 0 unspecified atom stereocenters. The van der Waals surface area contributed by atoms with Crippen LogP contribution < -0.4 is 5.32 Å². The van der Waals surface area contributed by atoms with Crippen LogP contribution in [0.4, 0.5) is 11.4 Å². The van der Waals surface area contributed by atoms with Gasteiger partial charge in [0.1, 0.15) is 4.99 Å². The van der Waals surface area contributed by atoms with Crippen molar-refractivity contribution in [2.45, 2.75) is 0 Å². The summed E-state index contributed by atoms with van der Waals surface area (Å²) >= 11 is 6.79. The third-order valence-corrected chi connectivity index (χ3v) is 3.36. The summed E-state index contributed by atoms with van der Waals surface area (Å²) < 4.78 is 0. The van der Waals surface area contributed by atoms with Gasteiger partial charge in [0.2, 0.25) is 0 Å². The summed E-state index contributed by atoms with van der Waals surface area (Å²) in [7, 11) is 0. The number of hydrogen-bond donors (Lipinski definition) is 1. The molecule has 1 aromatic heterocycles. The minimum atomic E-state index is -0.432. The highest BCUT2D eigenvalue weighted by Gasteiger charge is 2.03. The zero-order valence-electron chi connectivity index (χ0n) is 9.78. The molecule has 0 saturated carbocycles. The maximum atomic E-state index is 10.5. The van der Waals surface area contributed by atoms with Crippen LogP contribution in [0.15, 0.2) is 47.9 Å². The highest BCUT2D eigenvalue weighted by molar-refractivity contribution is 7.81. The van der Waals surface area contributed by atoms with Crippen molar-refractivity contribution < 1.29 is 4.92 Å². The Morgan fingerprint density at radius 2 is 2.05 bits per heavy atom. The molecule has 0 saturated heterocycles.